The van der Waals surface area contributed by atoms with Gasteiger partial charge in [0, 0.05) is 22.8 Å². The molecule has 3 aromatic rings. The molecule has 1 aliphatic carbocycles. The molecule has 322 valence electrons. The second-order valence-corrected chi connectivity index (χ2v) is 15.9. The topological polar surface area (TPSA) is 123 Å². The van der Waals surface area contributed by atoms with Crippen LogP contribution in [-0.4, -0.2) is 72.9 Å². The van der Waals surface area contributed by atoms with Gasteiger partial charge in [-0.15, -0.1) is 11.6 Å². The standard InChI is InChI=1S/C19H17Cl2NO4.C14H20ClNO2.C11H11Cl2NO2/c1-2-26-19(25)16(21)10-11-9-12(7-8-15(11)20)22-17(23)13-5-3-4-6-14(13)18(22)24;1-4-12-8-6-7-11(3)14(12)16(10-18-5-2)13(17)9-15;1-7-6-16-9-5-3-2-4-8(9)14(7)11(15)10(12)13/h7-10H,2-6H2,1H3;6-8H,4-5,9-10H2,1-3H3;2-5,7,10H,6H2,1H3/b16-10-;;. The van der Waals surface area contributed by atoms with Gasteiger partial charge in [0.05, 0.1) is 29.7 Å². The van der Waals surface area contributed by atoms with Crippen LogP contribution in [0.4, 0.5) is 17.1 Å². The molecule has 0 N–H and O–H groups in total. The third-order valence-corrected chi connectivity index (χ3v) is 10.9. The highest BCUT2D eigenvalue weighted by Crippen LogP contribution is 2.38. The van der Waals surface area contributed by atoms with Gasteiger partial charge in [0.25, 0.3) is 17.7 Å². The summed E-state index contributed by atoms with van der Waals surface area (Å²) in [6.45, 7) is 11.0. The third-order valence-electron chi connectivity index (χ3n) is 9.66. The number of nitrogens with zero attached hydrogens (tertiary/aromatic N) is 3. The van der Waals surface area contributed by atoms with Crippen molar-refractivity contribution in [2.45, 2.75) is 77.6 Å². The summed E-state index contributed by atoms with van der Waals surface area (Å²) in [7, 11) is 0. The maximum absolute atomic E-state index is 12.7. The first-order valence-electron chi connectivity index (χ1n) is 19.5. The van der Waals surface area contributed by atoms with E-state index in [1.807, 2.05) is 63.2 Å². The molecule has 3 aromatic carbocycles. The normalized spacial score (nSPS) is 15.9. The molecular formula is C44H48Cl5N3O8. The highest BCUT2D eigenvalue weighted by Gasteiger charge is 2.40. The average Bonchev–Trinajstić information content (AvgIpc) is 3.50. The molecule has 0 bridgehead atoms. The SMILES string of the molecule is CC1COc2ccccc2N1C(=O)C(Cl)Cl.CCOC(=O)/C(Cl)=C/c1cc(N2C(=O)C3=C(CCCC3)C2=O)ccc1Cl.CCOCN(C(=O)CCl)c1c(C)cccc1CC. The zero-order valence-corrected chi connectivity index (χ0v) is 37.9. The summed E-state index contributed by atoms with van der Waals surface area (Å²) < 4.78 is 15.7. The number of imide groups is 1. The predicted octanol–water partition coefficient (Wildman–Crippen LogP) is 9.95. The van der Waals surface area contributed by atoms with Crippen molar-refractivity contribution in [3.63, 3.8) is 0 Å². The number of para-hydroxylation sites is 3. The Morgan fingerprint density at radius 2 is 1.62 bits per heavy atom. The Kier molecular flexibility index (Phi) is 18.8. The molecule has 60 heavy (non-hydrogen) atoms. The number of hydrogen-bond donors (Lipinski definition) is 0. The van der Waals surface area contributed by atoms with Crippen LogP contribution in [-0.2, 0) is 39.9 Å². The summed E-state index contributed by atoms with van der Waals surface area (Å²) in [5.41, 5.74) is 5.89. The van der Waals surface area contributed by atoms with Crippen LogP contribution >= 0.6 is 58.0 Å². The molecule has 0 saturated heterocycles. The largest absolute Gasteiger partial charge is 0.489 e. The van der Waals surface area contributed by atoms with Gasteiger partial charge >= 0.3 is 5.97 Å². The first kappa shape index (κ1) is 48.6. The fourth-order valence-electron chi connectivity index (χ4n) is 6.80. The van der Waals surface area contributed by atoms with Gasteiger partial charge in [-0.3, -0.25) is 24.1 Å². The summed E-state index contributed by atoms with van der Waals surface area (Å²) in [6, 6.07) is 18.0. The Morgan fingerprint density at radius 1 is 0.950 bits per heavy atom. The van der Waals surface area contributed by atoms with Gasteiger partial charge in [-0.25, -0.2) is 9.69 Å². The smallest absolute Gasteiger partial charge is 0.349 e. The molecule has 4 amide bonds. The first-order valence-corrected chi connectivity index (χ1v) is 21.7. The maximum atomic E-state index is 12.7. The van der Waals surface area contributed by atoms with Crippen molar-refractivity contribution in [3.8, 4) is 5.75 Å². The molecule has 1 unspecified atom stereocenters. The summed E-state index contributed by atoms with van der Waals surface area (Å²) in [4.78, 5) is 64.2. The Morgan fingerprint density at radius 3 is 2.22 bits per heavy atom. The van der Waals surface area contributed by atoms with E-state index in [0.29, 0.717) is 59.2 Å². The number of carbonyl (C=O) groups excluding carboxylic acids is 5. The number of ether oxygens (including phenoxy) is 3. The number of carbonyl (C=O) groups is 5. The van der Waals surface area contributed by atoms with E-state index in [-0.39, 0.29) is 53.9 Å². The molecule has 2 heterocycles. The average molecular weight is 924 g/mol. The number of esters is 1. The number of alkyl halides is 3. The fourth-order valence-corrected chi connectivity index (χ4v) is 7.50. The van der Waals surface area contributed by atoms with E-state index >= 15 is 0 Å². The Balaban J connectivity index is 0.000000206. The number of halogens is 5. The van der Waals surface area contributed by atoms with Gasteiger partial charge in [-0.1, -0.05) is 83.7 Å². The van der Waals surface area contributed by atoms with E-state index in [0.717, 1.165) is 41.8 Å². The van der Waals surface area contributed by atoms with Crippen LogP contribution in [0.2, 0.25) is 5.02 Å². The van der Waals surface area contributed by atoms with E-state index in [1.54, 1.807) is 34.9 Å². The van der Waals surface area contributed by atoms with Crippen LogP contribution in [0.1, 0.15) is 70.1 Å². The summed E-state index contributed by atoms with van der Waals surface area (Å²) in [5.74, 6) is -1.02. The number of anilines is 3. The van der Waals surface area contributed by atoms with E-state index in [9.17, 15) is 24.0 Å². The van der Waals surface area contributed by atoms with Crippen molar-refractivity contribution in [1.29, 1.82) is 0 Å². The van der Waals surface area contributed by atoms with Crippen LogP contribution in [0.15, 0.2) is 76.8 Å². The monoisotopic (exact) mass is 921 g/mol. The Labute approximate surface area is 376 Å². The van der Waals surface area contributed by atoms with Gasteiger partial charge in [-0.2, -0.15) is 0 Å². The van der Waals surface area contributed by atoms with Crippen LogP contribution in [0, 0.1) is 6.92 Å². The minimum absolute atomic E-state index is 0.0371. The van der Waals surface area contributed by atoms with E-state index in [4.69, 9.17) is 72.2 Å². The number of amides is 4. The molecule has 3 aliphatic rings. The first-order chi connectivity index (χ1) is 28.7. The predicted molar refractivity (Wildman–Crippen MR) is 240 cm³/mol. The molecule has 2 aliphatic heterocycles. The molecule has 6 rings (SSSR count). The maximum Gasteiger partial charge on any atom is 0.349 e. The molecule has 0 aromatic heterocycles. The quantitative estimate of drug-likeness (QED) is 0.0613. The van der Waals surface area contributed by atoms with Crippen molar-refractivity contribution in [2.75, 3.05) is 47.1 Å². The van der Waals surface area contributed by atoms with Gasteiger partial charge in [0.1, 0.15) is 30.0 Å². The summed E-state index contributed by atoms with van der Waals surface area (Å²) in [6.07, 6.45) is 5.32. The van der Waals surface area contributed by atoms with Crippen molar-refractivity contribution in [1.82, 2.24) is 0 Å². The van der Waals surface area contributed by atoms with Crippen molar-refractivity contribution < 1.29 is 38.2 Å². The van der Waals surface area contributed by atoms with Gasteiger partial charge in [0.15, 0.2) is 4.84 Å². The molecular weight excluding hydrogens is 876 g/mol. The second kappa shape index (κ2) is 23.2. The highest BCUT2D eigenvalue weighted by molar-refractivity contribution is 6.54. The number of aryl methyl sites for hydroxylation is 2. The lowest BCUT2D eigenvalue weighted by atomic mass is 9.93. The highest BCUT2D eigenvalue weighted by atomic mass is 35.5. The molecule has 0 spiro atoms. The minimum atomic E-state index is -1.05. The molecule has 16 heteroatoms. The van der Waals surface area contributed by atoms with Crippen LogP contribution in [0.3, 0.4) is 0 Å². The van der Waals surface area contributed by atoms with Crippen molar-refractivity contribution in [2.24, 2.45) is 0 Å². The number of fused-ring (bicyclic) bond motifs is 1. The zero-order chi connectivity index (χ0) is 44.1. The van der Waals surface area contributed by atoms with Gasteiger partial charge in [0.2, 0.25) is 5.91 Å². The number of benzene rings is 3. The van der Waals surface area contributed by atoms with Gasteiger partial charge in [-0.05, 0) is 113 Å². The minimum Gasteiger partial charge on any atom is -0.489 e. The fraction of sp³-hybridized carbons (Fsp3) is 0.386. The second-order valence-electron chi connectivity index (χ2n) is 13.7. The summed E-state index contributed by atoms with van der Waals surface area (Å²) in [5, 5.41) is 0.204. The molecule has 0 saturated carbocycles. The Bertz CT molecular complexity index is 2100. The number of rotatable bonds is 11. The van der Waals surface area contributed by atoms with Gasteiger partial charge < -0.3 is 19.1 Å². The third kappa shape index (κ3) is 11.8. The lowest BCUT2D eigenvalue weighted by Gasteiger charge is -2.35. The molecule has 1 atom stereocenters. The lowest BCUT2D eigenvalue weighted by Crippen LogP contribution is -2.47. The molecule has 0 fully saturated rings. The van der Waals surface area contributed by atoms with Crippen LogP contribution < -0.4 is 19.4 Å². The lowest BCUT2D eigenvalue weighted by molar-refractivity contribution is -0.137. The van der Waals surface area contributed by atoms with Crippen molar-refractivity contribution in [3.05, 3.63) is 98.6 Å². The van der Waals surface area contributed by atoms with E-state index in [2.05, 4.69) is 6.92 Å². The summed E-state index contributed by atoms with van der Waals surface area (Å²) >= 11 is 29.1. The van der Waals surface area contributed by atoms with Crippen molar-refractivity contribution >= 4 is 111 Å². The van der Waals surface area contributed by atoms with E-state index in [1.165, 1.54) is 11.0 Å². The molecule has 0 radical (unpaired) electrons. The van der Waals surface area contributed by atoms with E-state index < -0.39 is 10.8 Å². The van der Waals surface area contributed by atoms with Crippen LogP contribution in [0.5, 0.6) is 5.75 Å². The Hall–Kier alpha value is -4.10. The van der Waals surface area contributed by atoms with Crippen LogP contribution in [0.25, 0.3) is 6.08 Å². The number of hydrogen-bond acceptors (Lipinski definition) is 8. The zero-order valence-electron chi connectivity index (χ0n) is 34.1. The molecule has 11 nitrogen and oxygen atoms in total.